The van der Waals surface area contributed by atoms with Gasteiger partial charge in [0.2, 0.25) is 5.91 Å². The van der Waals surface area contributed by atoms with E-state index in [0.29, 0.717) is 30.9 Å². The number of nitrogens with zero attached hydrogens (tertiary/aromatic N) is 1. The largest absolute Gasteiger partial charge is 0.476 e. The topological polar surface area (TPSA) is 120 Å². The molecule has 0 saturated carbocycles. The van der Waals surface area contributed by atoms with Gasteiger partial charge >= 0.3 is 12.0 Å². The molecule has 114 valence electrons. The van der Waals surface area contributed by atoms with Crippen molar-refractivity contribution in [2.24, 2.45) is 0 Å². The Morgan fingerprint density at radius 1 is 1.48 bits per heavy atom. The summed E-state index contributed by atoms with van der Waals surface area (Å²) in [6, 6.07) is -0.313. The lowest BCUT2D eigenvalue weighted by molar-refractivity contribution is -0.119. The molecule has 1 unspecified atom stereocenters. The number of rotatable bonds is 6. The Balaban J connectivity index is 1.62. The molecule has 0 radical (unpaired) electrons. The smallest absolute Gasteiger partial charge is 0.355 e. The van der Waals surface area contributed by atoms with Crippen molar-refractivity contribution in [3.8, 4) is 0 Å². The molecule has 9 heteroatoms. The second kappa shape index (κ2) is 7.02. The van der Waals surface area contributed by atoms with E-state index in [1.54, 1.807) is 0 Å². The number of carboxylic acids is 1. The van der Waals surface area contributed by atoms with Gasteiger partial charge in [-0.3, -0.25) is 4.79 Å². The summed E-state index contributed by atoms with van der Waals surface area (Å²) in [7, 11) is 0. The molecule has 1 aliphatic heterocycles. The number of nitrogens with one attached hydrogen (secondary N) is 3. The third-order valence-corrected chi connectivity index (χ3v) is 3.90. The van der Waals surface area contributed by atoms with Crippen LogP contribution < -0.4 is 16.0 Å². The fourth-order valence-corrected chi connectivity index (χ4v) is 2.69. The van der Waals surface area contributed by atoms with Crippen LogP contribution in [-0.4, -0.2) is 47.1 Å². The number of hydrogen-bond donors (Lipinski definition) is 4. The fourth-order valence-electron chi connectivity index (χ4n) is 1.92. The molecule has 3 amide bonds. The first-order chi connectivity index (χ1) is 10.0. The molecule has 1 fully saturated rings. The number of aromatic nitrogens is 1. The summed E-state index contributed by atoms with van der Waals surface area (Å²) in [4.78, 5) is 37.1. The summed E-state index contributed by atoms with van der Waals surface area (Å²) in [5.74, 6) is -1.04. The van der Waals surface area contributed by atoms with Crippen molar-refractivity contribution < 1.29 is 19.5 Å². The highest BCUT2D eigenvalue weighted by atomic mass is 32.1. The molecule has 2 rings (SSSR count). The molecule has 1 saturated heterocycles. The third-order valence-electron chi connectivity index (χ3n) is 2.99. The summed E-state index contributed by atoms with van der Waals surface area (Å²) in [5.41, 5.74) is 0.0245. The highest BCUT2D eigenvalue weighted by molar-refractivity contribution is 7.09. The Kier molecular flexibility index (Phi) is 5.09. The summed E-state index contributed by atoms with van der Waals surface area (Å²) in [6.07, 6.45) is 1.71. The third kappa shape index (κ3) is 4.71. The standard InChI is InChI=1S/C12H16N4O4S/c17-9-2-1-7(15-9)5-14-12(20)13-4-3-10-16-8(6-21-10)11(18)19/h6-7H,1-5H2,(H,15,17)(H,18,19)(H2,13,14,20). The summed E-state index contributed by atoms with van der Waals surface area (Å²) in [5, 5.41) is 19.0. The first-order valence-corrected chi connectivity index (χ1v) is 7.41. The molecule has 21 heavy (non-hydrogen) atoms. The van der Waals surface area contributed by atoms with E-state index < -0.39 is 5.97 Å². The van der Waals surface area contributed by atoms with Gasteiger partial charge in [0, 0.05) is 37.4 Å². The van der Waals surface area contributed by atoms with Crippen LogP contribution in [0, 0.1) is 0 Å². The predicted molar refractivity (Wildman–Crippen MR) is 75.3 cm³/mol. The average Bonchev–Trinajstić information content (AvgIpc) is 3.05. The van der Waals surface area contributed by atoms with Crippen LogP contribution in [0.2, 0.25) is 0 Å². The molecule has 0 aliphatic carbocycles. The van der Waals surface area contributed by atoms with E-state index in [0.717, 1.165) is 6.42 Å². The molecule has 0 spiro atoms. The zero-order chi connectivity index (χ0) is 15.2. The fraction of sp³-hybridized carbons (Fsp3) is 0.500. The second-order valence-corrected chi connectivity index (χ2v) is 5.56. The average molecular weight is 312 g/mol. The lowest BCUT2D eigenvalue weighted by atomic mass is 10.2. The minimum absolute atomic E-state index is 0.000312. The van der Waals surface area contributed by atoms with Gasteiger partial charge in [0.15, 0.2) is 5.69 Å². The maximum Gasteiger partial charge on any atom is 0.355 e. The van der Waals surface area contributed by atoms with E-state index in [1.165, 1.54) is 16.7 Å². The van der Waals surface area contributed by atoms with E-state index >= 15 is 0 Å². The van der Waals surface area contributed by atoms with Crippen LogP contribution in [0.4, 0.5) is 4.79 Å². The van der Waals surface area contributed by atoms with Gasteiger partial charge in [-0.2, -0.15) is 0 Å². The van der Waals surface area contributed by atoms with Crippen molar-refractivity contribution in [2.45, 2.75) is 25.3 Å². The number of carbonyl (C=O) groups is 3. The van der Waals surface area contributed by atoms with E-state index in [4.69, 9.17) is 5.11 Å². The quantitative estimate of drug-likeness (QED) is 0.587. The Bertz CT molecular complexity index is 545. The van der Waals surface area contributed by atoms with Crippen LogP contribution in [0.25, 0.3) is 0 Å². The molecule has 8 nitrogen and oxygen atoms in total. The van der Waals surface area contributed by atoms with Crippen LogP contribution in [0.5, 0.6) is 0 Å². The normalized spacial score (nSPS) is 17.3. The first-order valence-electron chi connectivity index (χ1n) is 6.53. The van der Waals surface area contributed by atoms with Gasteiger partial charge in [0.05, 0.1) is 5.01 Å². The van der Waals surface area contributed by atoms with E-state index in [1.807, 2.05) is 0 Å². The highest BCUT2D eigenvalue weighted by Gasteiger charge is 2.20. The number of carbonyl (C=O) groups excluding carboxylic acids is 2. The van der Waals surface area contributed by atoms with Crippen molar-refractivity contribution in [3.05, 3.63) is 16.1 Å². The van der Waals surface area contributed by atoms with Gasteiger partial charge in [-0.05, 0) is 6.42 Å². The van der Waals surface area contributed by atoms with Crippen LogP contribution in [0.3, 0.4) is 0 Å². The number of urea groups is 1. The monoisotopic (exact) mass is 312 g/mol. The maximum atomic E-state index is 11.5. The van der Waals surface area contributed by atoms with Gasteiger partial charge in [-0.15, -0.1) is 11.3 Å². The molecule has 0 bridgehead atoms. The molecule has 1 atom stereocenters. The van der Waals surface area contributed by atoms with E-state index in [-0.39, 0.29) is 23.7 Å². The zero-order valence-electron chi connectivity index (χ0n) is 11.2. The Morgan fingerprint density at radius 2 is 2.29 bits per heavy atom. The Hall–Kier alpha value is -2.16. The number of carboxylic acid groups (broad SMARTS) is 1. The van der Waals surface area contributed by atoms with Gasteiger partial charge in [-0.25, -0.2) is 14.6 Å². The van der Waals surface area contributed by atoms with Crippen molar-refractivity contribution in [2.75, 3.05) is 13.1 Å². The number of hydrogen-bond acceptors (Lipinski definition) is 5. The Morgan fingerprint density at radius 3 is 2.90 bits per heavy atom. The first kappa shape index (κ1) is 15.2. The van der Waals surface area contributed by atoms with Crippen molar-refractivity contribution in [1.82, 2.24) is 20.9 Å². The molecular weight excluding hydrogens is 296 g/mol. The lowest BCUT2D eigenvalue weighted by Gasteiger charge is -2.11. The molecule has 4 N–H and O–H groups in total. The second-order valence-electron chi connectivity index (χ2n) is 4.62. The molecule has 2 heterocycles. The number of thiazole rings is 1. The molecule has 1 aliphatic rings. The summed E-state index contributed by atoms with van der Waals surface area (Å²) in [6.45, 7) is 0.771. The van der Waals surface area contributed by atoms with Crippen LogP contribution in [0.15, 0.2) is 5.38 Å². The molecule has 0 aromatic carbocycles. The summed E-state index contributed by atoms with van der Waals surface area (Å²) >= 11 is 1.25. The molecule has 1 aromatic rings. The van der Waals surface area contributed by atoms with Crippen molar-refractivity contribution in [1.29, 1.82) is 0 Å². The minimum atomic E-state index is -1.05. The highest BCUT2D eigenvalue weighted by Crippen LogP contribution is 2.09. The molecule has 1 aromatic heterocycles. The summed E-state index contributed by atoms with van der Waals surface area (Å²) < 4.78 is 0. The Labute approximate surface area is 124 Å². The minimum Gasteiger partial charge on any atom is -0.476 e. The lowest BCUT2D eigenvalue weighted by Crippen LogP contribution is -2.43. The predicted octanol–water partition coefficient (Wildman–Crippen LogP) is -0.0384. The van der Waals surface area contributed by atoms with Crippen molar-refractivity contribution >= 4 is 29.2 Å². The zero-order valence-corrected chi connectivity index (χ0v) is 12.0. The number of aromatic carboxylic acids is 1. The van der Waals surface area contributed by atoms with E-state index in [2.05, 4.69) is 20.9 Å². The van der Waals surface area contributed by atoms with Crippen LogP contribution in [0.1, 0.15) is 28.3 Å². The van der Waals surface area contributed by atoms with Gasteiger partial charge in [-0.1, -0.05) is 0 Å². The van der Waals surface area contributed by atoms with Gasteiger partial charge in [0.25, 0.3) is 0 Å². The maximum absolute atomic E-state index is 11.5. The van der Waals surface area contributed by atoms with Crippen LogP contribution >= 0.6 is 11.3 Å². The van der Waals surface area contributed by atoms with Gasteiger partial charge < -0.3 is 21.1 Å². The van der Waals surface area contributed by atoms with Gasteiger partial charge in [0.1, 0.15) is 0 Å². The molecular formula is C12H16N4O4S. The number of amides is 3. The SMILES string of the molecule is O=C1CCC(CNC(=O)NCCc2nc(C(=O)O)cs2)N1. The van der Waals surface area contributed by atoms with Crippen molar-refractivity contribution in [3.63, 3.8) is 0 Å². The van der Waals surface area contributed by atoms with Crippen LogP contribution in [-0.2, 0) is 11.2 Å². The van der Waals surface area contributed by atoms with E-state index in [9.17, 15) is 14.4 Å².